The molecule has 0 aromatic carbocycles. The maximum Gasteiger partial charge on any atom is 0.231 e. The molecule has 2 aromatic rings. The number of hydrogen-bond acceptors (Lipinski definition) is 8. The van der Waals surface area contributed by atoms with E-state index in [4.69, 9.17) is 9.26 Å². The molecule has 0 bridgehead atoms. The number of ether oxygens (including phenoxy) is 1. The van der Waals surface area contributed by atoms with Crippen LogP contribution in [0.5, 0.6) is 0 Å². The number of nitrogens with zero attached hydrogens (tertiary/aromatic N) is 7. The Labute approximate surface area is 146 Å². The van der Waals surface area contributed by atoms with E-state index >= 15 is 0 Å². The number of aryl methyl sites for hydroxylation is 1. The van der Waals surface area contributed by atoms with Crippen LogP contribution in [0.25, 0.3) is 0 Å². The summed E-state index contributed by atoms with van der Waals surface area (Å²) in [4.78, 5) is 6.79. The van der Waals surface area contributed by atoms with Gasteiger partial charge >= 0.3 is 0 Å². The lowest BCUT2D eigenvalue weighted by atomic mass is 9.98. The molecule has 2 fully saturated rings. The maximum atomic E-state index is 5.44. The Morgan fingerprint density at radius 3 is 2.88 bits per heavy atom. The smallest absolute Gasteiger partial charge is 0.231 e. The van der Waals surface area contributed by atoms with Crippen molar-refractivity contribution < 1.29 is 9.26 Å². The molecule has 0 N–H and O–H groups in total. The van der Waals surface area contributed by atoms with Crippen molar-refractivity contribution in [1.29, 1.82) is 0 Å². The summed E-state index contributed by atoms with van der Waals surface area (Å²) in [5.41, 5.74) is 0. The Hall–Kier alpha value is -1.87. The van der Waals surface area contributed by atoms with E-state index in [1.807, 2.05) is 11.6 Å². The molecule has 2 aliphatic rings. The summed E-state index contributed by atoms with van der Waals surface area (Å²) in [6.07, 6.45) is 4.38. The topological polar surface area (TPSA) is 95.0 Å². The van der Waals surface area contributed by atoms with Gasteiger partial charge in [-0.2, -0.15) is 4.98 Å². The van der Waals surface area contributed by atoms with E-state index in [2.05, 4.69) is 30.6 Å². The minimum Gasteiger partial charge on any atom is -0.381 e. The molecule has 9 nitrogen and oxygen atoms in total. The molecule has 25 heavy (non-hydrogen) atoms. The van der Waals surface area contributed by atoms with Crippen molar-refractivity contribution in [2.45, 2.75) is 51.6 Å². The average molecular weight is 347 g/mol. The molecular weight excluding hydrogens is 322 g/mol. The van der Waals surface area contributed by atoms with Gasteiger partial charge in [0.2, 0.25) is 5.89 Å². The van der Waals surface area contributed by atoms with Crippen LogP contribution in [0.1, 0.15) is 49.1 Å². The third-order valence-corrected chi connectivity index (χ3v) is 5.14. The summed E-state index contributed by atoms with van der Waals surface area (Å²) >= 11 is 0. The molecule has 0 saturated carbocycles. The first-order valence-electron chi connectivity index (χ1n) is 9.13. The van der Waals surface area contributed by atoms with Crippen LogP contribution in [0.3, 0.4) is 0 Å². The Balaban J connectivity index is 1.37. The van der Waals surface area contributed by atoms with Gasteiger partial charge in [-0.05, 0) is 55.5 Å². The van der Waals surface area contributed by atoms with E-state index in [1.54, 1.807) is 0 Å². The standard InChI is InChI=1S/C16H25N7O2/c1-12-17-16(25-19-12)14-3-2-6-22(10-14)11-15-18-20-21-23(15)9-13-4-7-24-8-5-13/h13-14H,2-11H2,1H3/t14-/m1/s1. The second-order valence-corrected chi connectivity index (χ2v) is 7.09. The largest absolute Gasteiger partial charge is 0.381 e. The molecule has 0 aliphatic carbocycles. The summed E-state index contributed by atoms with van der Waals surface area (Å²) in [5.74, 6) is 3.30. The molecule has 136 valence electrons. The van der Waals surface area contributed by atoms with Gasteiger partial charge in [0.05, 0.1) is 12.5 Å². The van der Waals surface area contributed by atoms with Crippen LogP contribution in [0.15, 0.2) is 4.52 Å². The Kier molecular flexibility index (Phi) is 5.02. The van der Waals surface area contributed by atoms with Gasteiger partial charge in [0, 0.05) is 26.3 Å². The molecule has 2 saturated heterocycles. The number of rotatable bonds is 5. The zero-order valence-corrected chi connectivity index (χ0v) is 14.7. The summed E-state index contributed by atoms with van der Waals surface area (Å²) < 4.78 is 12.8. The molecule has 4 heterocycles. The van der Waals surface area contributed by atoms with E-state index < -0.39 is 0 Å². The van der Waals surface area contributed by atoms with E-state index in [0.29, 0.717) is 17.7 Å². The highest BCUT2D eigenvalue weighted by molar-refractivity contribution is 4.97. The van der Waals surface area contributed by atoms with Gasteiger partial charge in [0.15, 0.2) is 11.6 Å². The van der Waals surface area contributed by atoms with Gasteiger partial charge in [-0.1, -0.05) is 5.16 Å². The van der Waals surface area contributed by atoms with Crippen molar-refractivity contribution in [2.24, 2.45) is 5.92 Å². The minimum absolute atomic E-state index is 0.301. The molecule has 0 unspecified atom stereocenters. The first kappa shape index (κ1) is 16.6. The highest BCUT2D eigenvalue weighted by Crippen LogP contribution is 2.26. The fourth-order valence-corrected chi connectivity index (χ4v) is 3.73. The van der Waals surface area contributed by atoms with Gasteiger partial charge in [-0.25, -0.2) is 4.68 Å². The van der Waals surface area contributed by atoms with E-state index in [9.17, 15) is 0 Å². The van der Waals surface area contributed by atoms with E-state index in [-0.39, 0.29) is 0 Å². The lowest BCUT2D eigenvalue weighted by Crippen LogP contribution is -2.35. The fourth-order valence-electron chi connectivity index (χ4n) is 3.73. The Morgan fingerprint density at radius 1 is 1.20 bits per heavy atom. The third kappa shape index (κ3) is 4.04. The molecule has 0 amide bonds. The second-order valence-electron chi connectivity index (χ2n) is 7.09. The maximum absolute atomic E-state index is 5.44. The van der Waals surface area contributed by atoms with Crippen LogP contribution in [0.2, 0.25) is 0 Å². The molecule has 4 rings (SSSR count). The van der Waals surface area contributed by atoms with Crippen molar-refractivity contribution >= 4 is 0 Å². The number of likely N-dealkylation sites (tertiary alicyclic amines) is 1. The zero-order valence-electron chi connectivity index (χ0n) is 14.7. The molecule has 2 aliphatic heterocycles. The summed E-state index contributed by atoms with van der Waals surface area (Å²) in [6, 6.07) is 0. The van der Waals surface area contributed by atoms with Crippen molar-refractivity contribution in [3.8, 4) is 0 Å². The van der Waals surface area contributed by atoms with Crippen molar-refractivity contribution in [3.63, 3.8) is 0 Å². The molecule has 1 atom stereocenters. The van der Waals surface area contributed by atoms with Crippen LogP contribution >= 0.6 is 0 Å². The van der Waals surface area contributed by atoms with Crippen LogP contribution in [-0.4, -0.2) is 61.6 Å². The van der Waals surface area contributed by atoms with Crippen LogP contribution in [-0.2, 0) is 17.8 Å². The third-order valence-electron chi connectivity index (χ3n) is 5.14. The normalized spacial score (nSPS) is 23.2. The summed E-state index contributed by atoms with van der Waals surface area (Å²) in [5, 5.41) is 16.3. The monoisotopic (exact) mass is 347 g/mol. The summed E-state index contributed by atoms with van der Waals surface area (Å²) in [7, 11) is 0. The molecule has 2 aromatic heterocycles. The van der Waals surface area contributed by atoms with E-state index in [0.717, 1.165) is 76.8 Å². The van der Waals surface area contributed by atoms with Crippen LogP contribution in [0, 0.1) is 12.8 Å². The van der Waals surface area contributed by atoms with Crippen molar-refractivity contribution in [3.05, 3.63) is 17.5 Å². The van der Waals surface area contributed by atoms with Crippen LogP contribution in [0.4, 0.5) is 0 Å². The Bertz CT molecular complexity index is 680. The first-order chi connectivity index (χ1) is 12.3. The van der Waals surface area contributed by atoms with Crippen molar-refractivity contribution in [1.82, 2.24) is 35.2 Å². The second kappa shape index (κ2) is 7.57. The number of tetrazole rings is 1. The first-order valence-corrected chi connectivity index (χ1v) is 9.13. The number of aromatic nitrogens is 6. The molecule has 0 radical (unpaired) electrons. The Morgan fingerprint density at radius 2 is 2.08 bits per heavy atom. The van der Waals surface area contributed by atoms with Gasteiger partial charge in [-0.15, -0.1) is 5.10 Å². The van der Waals surface area contributed by atoms with Gasteiger partial charge in [-0.3, -0.25) is 4.90 Å². The lowest BCUT2D eigenvalue weighted by Gasteiger charge is -2.30. The number of piperidine rings is 1. The van der Waals surface area contributed by atoms with Crippen molar-refractivity contribution in [2.75, 3.05) is 26.3 Å². The minimum atomic E-state index is 0.301. The van der Waals surface area contributed by atoms with Gasteiger partial charge < -0.3 is 9.26 Å². The predicted octanol–water partition coefficient (Wildman–Crippen LogP) is 1.17. The summed E-state index contributed by atoms with van der Waals surface area (Å²) in [6.45, 7) is 7.16. The molecule has 9 heteroatoms. The highest BCUT2D eigenvalue weighted by atomic mass is 16.5. The fraction of sp³-hybridized carbons (Fsp3) is 0.812. The quantitative estimate of drug-likeness (QED) is 0.795. The zero-order chi connectivity index (χ0) is 17.1. The van der Waals surface area contributed by atoms with Gasteiger partial charge in [0.1, 0.15) is 0 Å². The predicted molar refractivity (Wildman–Crippen MR) is 87.6 cm³/mol. The van der Waals surface area contributed by atoms with Gasteiger partial charge in [0.25, 0.3) is 0 Å². The lowest BCUT2D eigenvalue weighted by molar-refractivity contribution is 0.0592. The van der Waals surface area contributed by atoms with Crippen LogP contribution < -0.4 is 0 Å². The highest BCUT2D eigenvalue weighted by Gasteiger charge is 2.27. The SMILES string of the molecule is Cc1noc([C@@H]2CCCN(Cc3nnnn3CC3CCOCC3)C2)n1. The molecular formula is C16H25N7O2. The molecule has 0 spiro atoms. The average Bonchev–Trinajstić information content (AvgIpc) is 3.26. The number of hydrogen-bond donors (Lipinski definition) is 0. The van der Waals surface area contributed by atoms with E-state index in [1.165, 1.54) is 0 Å².